The maximum absolute atomic E-state index is 11.8. The first-order chi connectivity index (χ1) is 7.97. The highest BCUT2D eigenvalue weighted by molar-refractivity contribution is 5.78. The van der Waals surface area contributed by atoms with Crippen molar-refractivity contribution < 1.29 is 9.59 Å². The van der Waals surface area contributed by atoms with Crippen molar-refractivity contribution in [3.8, 4) is 0 Å². The summed E-state index contributed by atoms with van der Waals surface area (Å²) in [6.45, 7) is 11.6. The zero-order chi connectivity index (χ0) is 13.4. The van der Waals surface area contributed by atoms with E-state index < -0.39 is 0 Å². The highest BCUT2D eigenvalue weighted by Crippen LogP contribution is 2.06. The maximum atomic E-state index is 11.8. The molecule has 0 bridgehead atoms. The number of carbonyl (C=O) groups excluding carboxylic acids is 2. The van der Waals surface area contributed by atoms with Crippen LogP contribution < -0.4 is 0 Å². The lowest BCUT2D eigenvalue weighted by Crippen LogP contribution is -2.40. The standard InChI is InChI=1S/C13H26N2O2/c1-6-11(4)15(12(5)16)10-9-13(17)14(7-2)8-3/h11H,6-10H2,1-5H3. The first-order valence-electron chi connectivity index (χ1n) is 6.52. The number of rotatable bonds is 7. The second-order valence-corrected chi connectivity index (χ2v) is 4.29. The van der Waals surface area contributed by atoms with E-state index in [1.54, 1.807) is 16.7 Å². The van der Waals surface area contributed by atoms with Crippen LogP contribution in [0.1, 0.15) is 47.5 Å². The topological polar surface area (TPSA) is 40.6 Å². The Labute approximate surface area is 105 Å². The predicted octanol–water partition coefficient (Wildman–Crippen LogP) is 1.89. The third kappa shape index (κ3) is 5.20. The highest BCUT2D eigenvalue weighted by Gasteiger charge is 2.17. The zero-order valence-electron chi connectivity index (χ0n) is 11.8. The minimum absolute atomic E-state index is 0.0479. The van der Waals surface area contributed by atoms with E-state index in [1.807, 2.05) is 27.7 Å². The number of hydrogen-bond acceptors (Lipinski definition) is 2. The summed E-state index contributed by atoms with van der Waals surface area (Å²) in [5.74, 6) is 0.177. The van der Waals surface area contributed by atoms with E-state index in [4.69, 9.17) is 0 Å². The SMILES string of the molecule is CCC(C)N(CCC(=O)N(CC)CC)C(C)=O. The van der Waals surface area contributed by atoms with Crippen molar-refractivity contribution in [3.63, 3.8) is 0 Å². The molecule has 0 aromatic heterocycles. The van der Waals surface area contributed by atoms with E-state index in [1.165, 1.54) is 0 Å². The van der Waals surface area contributed by atoms with E-state index in [0.29, 0.717) is 13.0 Å². The molecular weight excluding hydrogens is 216 g/mol. The molecule has 0 spiro atoms. The quantitative estimate of drug-likeness (QED) is 0.684. The molecule has 17 heavy (non-hydrogen) atoms. The fraction of sp³-hybridized carbons (Fsp3) is 0.846. The largest absolute Gasteiger partial charge is 0.343 e. The molecule has 0 rings (SSSR count). The molecule has 1 unspecified atom stereocenters. The first-order valence-corrected chi connectivity index (χ1v) is 6.52. The Bertz CT molecular complexity index is 250. The fourth-order valence-electron chi connectivity index (χ4n) is 1.86. The summed E-state index contributed by atoms with van der Waals surface area (Å²) in [6.07, 6.45) is 1.34. The Morgan fingerprint density at radius 1 is 1.12 bits per heavy atom. The third-order valence-corrected chi connectivity index (χ3v) is 3.21. The van der Waals surface area contributed by atoms with E-state index >= 15 is 0 Å². The minimum Gasteiger partial charge on any atom is -0.343 e. The van der Waals surface area contributed by atoms with Crippen LogP contribution in [0.15, 0.2) is 0 Å². The Morgan fingerprint density at radius 2 is 1.65 bits per heavy atom. The summed E-state index contributed by atoms with van der Waals surface area (Å²) in [5, 5.41) is 0. The second-order valence-electron chi connectivity index (χ2n) is 4.29. The lowest BCUT2D eigenvalue weighted by molar-refractivity contribution is -0.134. The Balaban J connectivity index is 4.31. The van der Waals surface area contributed by atoms with Crippen LogP contribution >= 0.6 is 0 Å². The number of carbonyl (C=O) groups is 2. The Hall–Kier alpha value is -1.06. The molecule has 100 valence electrons. The predicted molar refractivity (Wildman–Crippen MR) is 69.7 cm³/mol. The van der Waals surface area contributed by atoms with Gasteiger partial charge in [-0.1, -0.05) is 6.92 Å². The van der Waals surface area contributed by atoms with Crippen LogP contribution in [0.25, 0.3) is 0 Å². The number of amides is 2. The van der Waals surface area contributed by atoms with Crippen molar-refractivity contribution in [3.05, 3.63) is 0 Å². The molecule has 4 nitrogen and oxygen atoms in total. The number of hydrogen-bond donors (Lipinski definition) is 0. The normalized spacial score (nSPS) is 12.1. The van der Waals surface area contributed by atoms with Crippen molar-refractivity contribution in [2.45, 2.75) is 53.5 Å². The maximum Gasteiger partial charge on any atom is 0.224 e. The average molecular weight is 242 g/mol. The van der Waals surface area contributed by atoms with E-state index in [-0.39, 0.29) is 17.9 Å². The van der Waals surface area contributed by atoms with Crippen LogP contribution in [0.4, 0.5) is 0 Å². The molecule has 0 heterocycles. The molecule has 0 aliphatic carbocycles. The summed E-state index contributed by atoms with van der Waals surface area (Å²) < 4.78 is 0. The molecule has 0 radical (unpaired) electrons. The molecule has 0 aromatic carbocycles. The van der Waals surface area contributed by atoms with Crippen molar-refractivity contribution >= 4 is 11.8 Å². The lowest BCUT2D eigenvalue weighted by Gasteiger charge is -2.28. The monoisotopic (exact) mass is 242 g/mol. The van der Waals surface area contributed by atoms with Crippen molar-refractivity contribution in [1.82, 2.24) is 9.80 Å². The lowest BCUT2D eigenvalue weighted by atomic mass is 10.2. The number of nitrogens with zero attached hydrogens (tertiary/aromatic N) is 2. The van der Waals surface area contributed by atoms with Crippen LogP contribution in [0, 0.1) is 0 Å². The van der Waals surface area contributed by atoms with Gasteiger partial charge >= 0.3 is 0 Å². The fourth-order valence-corrected chi connectivity index (χ4v) is 1.86. The van der Waals surface area contributed by atoms with Crippen LogP contribution in [0.3, 0.4) is 0 Å². The van der Waals surface area contributed by atoms with Gasteiger partial charge in [-0.15, -0.1) is 0 Å². The van der Waals surface area contributed by atoms with E-state index in [2.05, 4.69) is 0 Å². The Kier molecular flexibility index (Phi) is 7.59. The van der Waals surface area contributed by atoms with Gasteiger partial charge in [0.05, 0.1) is 0 Å². The first kappa shape index (κ1) is 15.9. The molecule has 0 saturated carbocycles. The highest BCUT2D eigenvalue weighted by atomic mass is 16.2. The van der Waals surface area contributed by atoms with Gasteiger partial charge < -0.3 is 9.80 Å². The molecule has 0 N–H and O–H groups in total. The van der Waals surface area contributed by atoms with Gasteiger partial charge in [-0.25, -0.2) is 0 Å². The van der Waals surface area contributed by atoms with Crippen LogP contribution in [-0.2, 0) is 9.59 Å². The summed E-state index contributed by atoms with van der Waals surface area (Å²) in [7, 11) is 0. The van der Waals surface area contributed by atoms with Gasteiger partial charge in [0.25, 0.3) is 0 Å². The van der Waals surface area contributed by atoms with E-state index in [0.717, 1.165) is 19.5 Å². The van der Waals surface area contributed by atoms with E-state index in [9.17, 15) is 9.59 Å². The van der Waals surface area contributed by atoms with Crippen molar-refractivity contribution in [2.75, 3.05) is 19.6 Å². The van der Waals surface area contributed by atoms with Gasteiger partial charge in [-0.3, -0.25) is 9.59 Å². The molecule has 4 heteroatoms. The molecular formula is C13H26N2O2. The molecule has 0 fully saturated rings. The second kappa shape index (κ2) is 8.09. The summed E-state index contributed by atoms with van der Waals surface area (Å²) in [6, 6.07) is 0.206. The van der Waals surface area contributed by atoms with Gasteiger partial charge in [-0.05, 0) is 27.2 Å². The van der Waals surface area contributed by atoms with Crippen molar-refractivity contribution in [2.24, 2.45) is 0 Å². The van der Waals surface area contributed by atoms with Gasteiger partial charge in [-0.2, -0.15) is 0 Å². The molecule has 0 saturated heterocycles. The third-order valence-electron chi connectivity index (χ3n) is 3.21. The van der Waals surface area contributed by atoms with Gasteiger partial charge in [0, 0.05) is 39.0 Å². The zero-order valence-corrected chi connectivity index (χ0v) is 11.8. The molecule has 0 aromatic rings. The van der Waals surface area contributed by atoms with Crippen molar-refractivity contribution in [1.29, 1.82) is 0 Å². The van der Waals surface area contributed by atoms with Gasteiger partial charge in [0.2, 0.25) is 11.8 Å². The van der Waals surface area contributed by atoms with Crippen LogP contribution in [-0.4, -0.2) is 47.3 Å². The Morgan fingerprint density at radius 3 is 2.00 bits per heavy atom. The smallest absolute Gasteiger partial charge is 0.224 e. The molecule has 1 atom stereocenters. The van der Waals surface area contributed by atoms with Gasteiger partial charge in [0.15, 0.2) is 0 Å². The summed E-state index contributed by atoms with van der Waals surface area (Å²) >= 11 is 0. The van der Waals surface area contributed by atoms with Crippen LogP contribution in [0.2, 0.25) is 0 Å². The summed E-state index contributed by atoms with van der Waals surface area (Å²) in [5.41, 5.74) is 0. The summed E-state index contributed by atoms with van der Waals surface area (Å²) in [4.78, 5) is 26.9. The molecule has 2 amide bonds. The molecule has 0 aliphatic rings. The van der Waals surface area contributed by atoms with Gasteiger partial charge in [0.1, 0.15) is 0 Å². The average Bonchev–Trinajstić information content (AvgIpc) is 2.30. The minimum atomic E-state index is 0.0479. The van der Waals surface area contributed by atoms with Crippen LogP contribution in [0.5, 0.6) is 0 Å². The molecule has 0 aliphatic heterocycles.